The number of rotatable bonds is 9. The van der Waals surface area contributed by atoms with Crippen molar-refractivity contribution < 1.29 is 27.1 Å². The van der Waals surface area contributed by atoms with Crippen LogP contribution in [0.5, 0.6) is 5.75 Å². The van der Waals surface area contributed by atoms with Gasteiger partial charge >= 0.3 is 6.18 Å². The van der Waals surface area contributed by atoms with Crippen LogP contribution in [0.4, 0.5) is 23.2 Å². The Morgan fingerprint density at radius 1 is 1.19 bits per heavy atom. The van der Waals surface area contributed by atoms with Crippen LogP contribution >= 0.6 is 12.2 Å². The third-order valence-corrected chi connectivity index (χ3v) is 6.41. The zero-order chi connectivity index (χ0) is 27.5. The molecule has 0 atom stereocenters. The molecule has 0 saturated carbocycles. The molecule has 1 fully saturated rings. The van der Waals surface area contributed by atoms with E-state index in [-0.39, 0.29) is 35.7 Å². The topological polar surface area (TPSA) is 68.6 Å². The summed E-state index contributed by atoms with van der Waals surface area (Å²) in [6.07, 6.45) is -4.39. The van der Waals surface area contributed by atoms with Gasteiger partial charge in [0.15, 0.2) is 16.7 Å². The second kappa shape index (κ2) is 11.0. The van der Waals surface area contributed by atoms with Crippen LogP contribution in [-0.2, 0) is 17.5 Å². The van der Waals surface area contributed by atoms with E-state index in [2.05, 4.69) is 5.32 Å². The van der Waals surface area contributed by atoms with Gasteiger partial charge in [-0.1, -0.05) is 19.9 Å². The van der Waals surface area contributed by atoms with Crippen molar-refractivity contribution in [3.05, 3.63) is 58.9 Å². The predicted octanol–water partition coefficient (Wildman–Crippen LogP) is 5.40. The van der Waals surface area contributed by atoms with Crippen LogP contribution in [-0.4, -0.2) is 40.7 Å². The largest absolute Gasteiger partial charge is 0.490 e. The number of hydrogen-bond donors (Lipinski definition) is 1. The summed E-state index contributed by atoms with van der Waals surface area (Å²) < 4.78 is 60.3. The summed E-state index contributed by atoms with van der Waals surface area (Å²) in [6, 6.07) is 9.59. The molecule has 198 valence electrons. The predicted molar refractivity (Wildman–Crippen MR) is 136 cm³/mol. The fourth-order valence-electron chi connectivity index (χ4n) is 3.94. The molecule has 37 heavy (non-hydrogen) atoms. The van der Waals surface area contributed by atoms with E-state index in [1.165, 1.54) is 18.2 Å². The summed E-state index contributed by atoms with van der Waals surface area (Å²) >= 11 is 5.47. The number of amides is 1. The molecular weight excluding hydrogens is 508 g/mol. The molecule has 1 aliphatic heterocycles. The summed E-state index contributed by atoms with van der Waals surface area (Å²) in [5, 5.41) is 12.3. The first kappa shape index (κ1) is 28.3. The van der Waals surface area contributed by atoms with Gasteiger partial charge in [-0.2, -0.15) is 18.4 Å². The van der Waals surface area contributed by atoms with Gasteiger partial charge in [-0.25, -0.2) is 4.39 Å². The van der Waals surface area contributed by atoms with Crippen LogP contribution in [0.2, 0.25) is 0 Å². The highest BCUT2D eigenvalue weighted by molar-refractivity contribution is 7.80. The van der Waals surface area contributed by atoms with Crippen LogP contribution in [0.15, 0.2) is 36.4 Å². The van der Waals surface area contributed by atoms with Gasteiger partial charge < -0.3 is 15.0 Å². The van der Waals surface area contributed by atoms with Crippen molar-refractivity contribution in [2.45, 2.75) is 58.4 Å². The number of carbonyl (C=O) groups excluding carboxylic acids is 1. The molecule has 11 heteroatoms. The molecule has 1 heterocycles. The number of ether oxygens (including phenoxy) is 1. The lowest BCUT2D eigenvalue weighted by Crippen LogP contribution is -2.44. The number of nitriles is 1. The van der Waals surface area contributed by atoms with E-state index in [4.69, 9.17) is 22.2 Å². The molecule has 1 N–H and O–H groups in total. The SMILES string of the molecule is CC(C)NCc1ccc(OCCCN2C(=S)N(c3ccc(C#N)c(C(F)(F)F)c3)C(=O)C2(C)C)c(F)c1. The van der Waals surface area contributed by atoms with Gasteiger partial charge in [0, 0.05) is 19.1 Å². The second-order valence-electron chi connectivity index (χ2n) is 9.48. The van der Waals surface area contributed by atoms with E-state index in [0.717, 1.165) is 22.6 Å². The lowest BCUT2D eigenvalue weighted by atomic mass is 10.0. The second-order valence-corrected chi connectivity index (χ2v) is 9.84. The summed E-state index contributed by atoms with van der Waals surface area (Å²) in [5.74, 6) is -0.873. The van der Waals surface area contributed by atoms with Crippen molar-refractivity contribution in [1.82, 2.24) is 10.2 Å². The number of anilines is 1. The molecule has 1 saturated heterocycles. The van der Waals surface area contributed by atoms with Crippen LogP contribution in [0.25, 0.3) is 0 Å². The maximum Gasteiger partial charge on any atom is 0.417 e. The van der Waals surface area contributed by atoms with Gasteiger partial charge in [-0.3, -0.25) is 9.69 Å². The molecular formula is C26H28F4N4O2S. The number of alkyl halides is 3. The number of halogens is 4. The standard InChI is InChI=1S/C26H28F4N4O2S/c1-16(2)32-15-17-6-9-22(21(27)12-17)36-11-5-10-33-24(37)34(23(35)25(33,3)4)19-8-7-18(14-31)20(13-19)26(28,29)30/h6-9,12-13,16,32H,5,10-11,15H2,1-4H3. The Morgan fingerprint density at radius 2 is 1.89 bits per heavy atom. The highest BCUT2D eigenvalue weighted by atomic mass is 32.1. The van der Waals surface area contributed by atoms with E-state index >= 15 is 0 Å². The van der Waals surface area contributed by atoms with Crippen LogP contribution in [0, 0.1) is 17.1 Å². The Labute approximate surface area is 218 Å². The molecule has 3 rings (SSSR count). The van der Waals surface area contributed by atoms with E-state index in [1.54, 1.807) is 30.9 Å². The monoisotopic (exact) mass is 536 g/mol. The Morgan fingerprint density at radius 3 is 2.49 bits per heavy atom. The maximum absolute atomic E-state index is 14.4. The Bertz CT molecular complexity index is 1220. The van der Waals surface area contributed by atoms with Gasteiger partial charge in [-0.15, -0.1) is 0 Å². The fraction of sp³-hybridized carbons (Fsp3) is 0.423. The van der Waals surface area contributed by atoms with E-state index in [1.807, 2.05) is 13.8 Å². The van der Waals surface area contributed by atoms with Gasteiger partial charge in [0.05, 0.1) is 29.5 Å². The highest BCUT2D eigenvalue weighted by Gasteiger charge is 2.49. The van der Waals surface area contributed by atoms with Gasteiger partial charge in [0.1, 0.15) is 5.54 Å². The minimum Gasteiger partial charge on any atom is -0.490 e. The lowest BCUT2D eigenvalue weighted by molar-refractivity contribution is -0.137. The smallest absolute Gasteiger partial charge is 0.417 e. The number of carbonyl (C=O) groups is 1. The molecule has 2 aromatic carbocycles. The van der Waals surface area contributed by atoms with Crippen molar-refractivity contribution in [3.8, 4) is 11.8 Å². The number of hydrogen-bond acceptors (Lipinski definition) is 5. The number of nitrogens with one attached hydrogen (secondary N) is 1. The van der Waals surface area contributed by atoms with Gasteiger partial charge in [0.2, 0.25) is 0 Å². The van der Waals surface area contributed by atoms with E-state index in [9.17, 15) is 22.4 Å². The third kappa shape index (κ3) is 6.19. The van der Waals surface area contributed by atoms with Crippen molar-refractivity contribution in [1.29, 1.82) is 5.26 Å². The molecule has 0 unspecified atom stereocenters. The number of benzene rings is 2. The molecule has 0 aromatic heterocycles. The molecule has 2 aromatic rings. The quantitative estimate of drug-likeness (QED) is 0.263. The van der Waals surface area contributed by atoms with Crippen LogP contribution < -0.4 is 15.0 Å². The van der Waals surface area contributed by atoms with Crippen molar-refractivity contribution in [2.75, 3.05) is 18.1 Å². The zero-order valence-corrected chi connectivity index (χ0v) is 21.8. The fourth-order valence-corrected chi connectivity index (χ4v) is 4.45. The highest BCUT2D eigenvalue weighted by Crippen LogP contribution is 2.37. The molecule has 1 aliphatic rings. The minimum absolute atomic E-state index is 0.0426. The number of thiocarbonyl (C=S) groups is 1. The van der Waals surface area contributed by atoms with Crippen LogP contribution in [0.3, 0.4) is 0 Å². The lowest BCUT2D eigenvalue weighted by Gasteiger charge is -2.29. The average molecular weight is 537 g/mol. The summed E-state index contributed by atoms with van der Waals surface area (Å²) in [7, 11) is 0. The molecule has 1 amide bonds. The molecule has 0 aliphatic carbocycles. The molecule has 6 nitrogen and oxygen atoms in total. The Kier molecular flexibility index (Phi) is 8.45. The first-order chi connectivity index (χ1) is 17.3. The van der Waals surface area contributed by atoms with Crippen molar-refractivity contribution in [3.63, 3.8) is 0 Å². The molecule has 0 spiro atoms. The van der Waals surface area contributed by atoms with Crippen molar-refractivity contribution in [2.24, 2.45) is 0 Å². The normalized spacial score (nSPS) is 15.5. The maximum atomic E-state index is 14.4. The van der Waals surface area contributed by atoms with E-state index in [0.29, 0.717) is 13.0 Å². The Hall–Kier alpha value is -3.23. The zero-order valence-electron chi connectivity index (χ0n) is 20.9. The third-order valence-electron chi connectivity index (χ3n) is 6.01. The Balaban J connectivity index is 1.68. The molecule has 0 bridgehead atoms. The number of nitrogens with zero attached hydrogens (tertiary/aromatic N) is 3. The minimum atomic E-state index is -4.77. The van der Waals surface area contributed by atoms with Gasteiger partial charge in [0.25, 0.3) is 5.91 Å². The van der Waals surface area contributed by atoms with Crippen LogP contribution in [0.1, 0.15) is 50.8 Å². The average Bonchev–Trinajstić information content (AvgIpc) is 2.99. The first-order valence-corrected chi connectivity index (χ1v) is 12.1. The first-order valence-electron chi connectivity index (χ1n) is 11.7. The van der Waals surface area contributed by atoms with E-state index < -0.39 is 34.6 Å². The summed E-state index contributed by atoms with van der Waals surface area (Å²) in [5.41, 5.74) is -2.08. The van der Waals surface area contributed by atoms with Gasteiger partial charge in [-0.05, 0) is 68.4 Å². The van der Waals surface area contributed by atoms with Crippen molar-refractivity contribution >= 4 is 28.9 Å². The molecule has 0 radical (unpaired) electrons. The summed E-state index contributed by atoms with van der Waals surface area (Å²) in [4.78, 5) is 15.8. The summed E-state index contributed by atoms with van der Waals surface area (Å²) in [6.45, 7) is 8.18.